The summed E-state index contributed by atoms with van der Waals surface area (Å²) in [5.41, 5.74) is 0.636. The highest BCUT2D eigenvalue weighted by molar-refractivity contribution is 7.91. The Morgan fingerprint density at radius 1 is 1.47 bits per heavy atom. The number of primary sulfonamides is 1. The summed E-state index contributed by atoms with van der Waals surface area (Å²) in [6.45, 7) is 0. The number of nitrogens with two attached hydrogens (primary N) is 1. The Morgan fingerprint density at radius 2 is 2.20 bits per heavy atom. The topological polar surface area (TPSA) is 90.9 Å². The molecule has 2 heterocycles. The SMILES string of the molecule is Cn1cc(-c2ccc(S(N)(=O)=O)s2)nn1. The van der Waals surface area contributed by atoms with E-state index in [2.05, 4.69) is 10.3 Å². The van der Waals surface area contributed by atoms with Crippen LogP contribution in [0.15, 0.2) is 22.5 Å². The molecule has 2 rings (SSSR count). The van der Waals surface area contributed by atoms with Crippen molar-refractivity contribution in [3.8, 4) is 10.6 Å². The summed E-state index contributed by atoms with van der Waals surface area (Å²) in [6.07, 6.45) is 1.71. The predicted molar refractivity (Wildman–Crippen MR) is 55.7 cm³/mol. The van der Waals surface area contributed by atoms with Crippen molar-refractivity contribution in [2.24, 2.45) is 12.2 Å². The molecule has 0 saturated heterocycles. The zero-order valence-electron chi connectivity index (χ0n) is 7.78. The zero-order valence-corrected chi connectivity index (χ0v) is 9.42. The number of aromatic nitrogens is 3. The summed E-state index contributed by atoms with van der Waals surface area (Å²) >= 11 is 1.08. The second-order valence-corrected chi connectivity index (χ2v) is 5.81. The Kier molecular flexibility index (Phi) is 2.33. The summed E-state index contributed by atoms with van der Waals surface area (Å²) < 4.78 is 23.7. The molecule has 0 aromatic carbocycles. The first-order chi connectivity index (χ1) is 6.97. The van der Waals surface area contributed by atoms with Crippen molar-refractivity contribution in [2.45, 2.75) is 4.21 Å². The molecular weight excluding hydrogens is 236 g/mol. The minimum Gasteiger partial charge on any atom is -0.255 e. The van der Waals surface area contributed by atoms with Gasteiger partial charge in [0.05, 0.1) is 11.1 Å². The van der Waals surface area contributed by atoms with E-state index in [4.69, 9.17) is 5.14 Å². The van der Waals surface area contributed by atoms with Gasteiger partial charge in [-0.15, -0.1) is 16.4 Å². The van der Waals surface area contributed by atoms with Crippen LogP contribution in [0, 0.1) is 0 Å². The molecule has 0 unspecified atom stereocenters. The number of thiophene rings is 1. The molecule has 0 atom stereocenters. The van der Waals surface area contributed by atoms with E-state index in [1.807, 2.05) is 0 Å². The van der Waals surface area contributed by atoms with E-state index in [0.717, 1.165) is 16.2 Å². The fourth-order valence-corrected chi connectivity index (χ4v) is 2.75. The molecule has 0 aliphatic heterocycles. The number of aryl methyl sites for hydroxylation is 1. The number of nitrogens with zero attached hydrogens (tertiary/aromatic N) is 3. The molecule has 0 aliphatic rings. The van der Waals surface area contributed by atoms with Gasteiger partial charge in [0.25, 0.3) is 0 Å². The Balaban J connectivity index is 2.44. The van der Waals surface area contributed by atoms with E-state index in [9.17, 15) is 8.42 Å². The average Bonchev–Trinajstić information content (AvgIpc) is 2.69. The van der Waals surface area contributed by atoms with Crippen LogP contribution in [0.25, 0.3) is 10.6 Å². The fourth-order valence-electron chi connectivity index (χ4n) is 1.07. The van der Waals surface area contributed by atoms with Crippen LogP contribution >= 0.6 is 11.3 Å². The molecule has 0 spiro atoms. The lowest BCUT2D eigenvalue weighted by molar-refractivity contribution is 0.600. The maximum absolute atomic E-state index is 11.0. The highest BCUT2D eigenvalue weighted by Gasteiger charge is 2.13. The first-order valence-corrected chi connectivity index (χ1v) is 6.32. The van der Waals surface area contributed by atoms with Crippen LogP contribution in [-0.2, 0) is 17.1 Å². The van der Waals surface area contributed by atoms with Crippen LogP contribution in [0.5, 0.6) is 0 Å². The van der Waals surface area contributed by atoms with Crippen molar-refractivity contribution in [3.05, 3.63) is 18.3 Å². The molecule has 15 heavy (non-hydrogen) atoms. The van der Waals surface area contributed by atoms with Crippen LogP contribution in [0.3, 0.4) is 0 Å². The third-order valence-corrected chi connectivity index (χ3v) is 4.26. The lowest BCUT2D eigenvalue weighted by Gasteiger charge is -1.89. The molecule has 0 bridgehead atoms. The quantitative estimate of drug-likeness (QED) is 0.816. The van der Waals surface area contributed by atoms with Crippen LogP contribution in [0.4, 0.5) is 0 Å². The lowest BCUT2D eigenvalue weighted by atomic mass is 10.4. The average molecular weight is 244 g/mol. The summed E-state index contributed by atoms with van der Waals surface area (Å²) in [5, 5.41) is 12.6. The Morgan fingerprint density at radius 3 is 2.67 bits per heavy atom. The van der Waals surface area contributed by atoms with Gasteiger partial charge in [-0.05, 0) is 12.1 Å². The van der Waals surface area contributed by atoms with Gasteiger partial charge >= 0.3 is 0 Å². The number of rotatable bonds is 2. The van der Waals surface area contributed by atoms with Crippen molar-refractivity contribution in [2.75, 3.05) is 0 Å². The molecule has 8 heteroatoms. The first kappa shape index (κ1) is 10.3. The smallest absolute Gasteiger partial charge is 0.247 e. The fraction of sp³-hybridized carbons (Fsp3) is 0.143. The van der Waals surface area contributed by atoms with Gasteiger partial charge in [-0.3, -0.25) is 4.68 Å². The molecule has 0 radical (unpaired) electrons. The second-order valence-electron chi connectivity index (χ2n) is 2.94. The minimum atomic E-state index is -3.62. The van der Waals surface area contributed by atoms with Crippen LogP contribution < -0.4 is 5.14 Å². The summed E-state index contributed by atoms with van der Waals surface area (Å²) in [4.78, 5) is 0.729. The Bertz CT molecular complexity index is 584. The van der Waals surface area contributed by atoms with Crippen LogP contribution in [0.1, 0.15) is 0 Å². The Labute approximate surface area is 90.4 Å². The van der Waals surface area contributed by atoms with Gasteiger partial charge in [-0.25, -0.2) is 13.6 Å². The lowest BCUT2D eigenvalue weighted by Crippen LogP contribution is -2.09. The maximum atomic E-state index is 11.0. The van der Waals surface area contributed by atoms with Gasteiger partial charge in [0.2, 0.25) is 10.0 Å². The van der Waals surface area contributed by atoms with Gasteiger partial charge in [0.15, 0.2) is 0 Å². The van der Waals surface area contributed by atoms with Crippen molar-refractivity contribution in [1.82, 2.24) is 15.0 Å². The molecule has 6 nitrogen and oxygen atoms in total. The van der Waals surface area contributed by atoms with Crippen molar-refractivity contribution < 1.29 is 8.42 Å². The molecule has 80 valence electrons. The third-order valence-electron chi connectivity index (χ3n) is 1.72. The highest BCUT2D eigenvalue weighted by atomic mass is 32.2. The second kappa shape index (κ2) is 3.40. The first-order valence-electron chi connectivity index (χ1n) is 3.96. The molecule has 0 aliphatic carbocycles. The van der Waals surface area contributed by atoms with Gasteiger partial charge in [0.1, 0.15) is 9.90 Å². The molecule has 2 N–H and O–H groups in total. The van der Waals surface area contributed by atoms with Gasteiger partial charge in [-0.2, -0.15) is 0 Å². The molecule has 0 saturated carbocycles. The van der Waals surface area contributed by atoms with E-state index in [1.54, 1.807) is 24.0 Å². The van der Waals surface area contributed by atoms with Crippen molar-refractivity contribution in [1.29, 1.82) is 0 Å². The zero-order chi connectivity index (χ0) is 11.1. The van der Waals surface area contributed by atoms with E-state index in [1.165, 1.54) is 6.07 Å². The summed E-state index contributed by atoms with van der Waals surface area (Å²) in [7, 11) is -1.88. The van der Waals surface area contributed by atoms with Crippen LogP contribution in [-0.4, -0.2) is 23.4 Å². The normalized spacial score (nSPS) is 11.9. The van der Waals surface area contributed by atoms with Gasteiger partial charge < -0.3 is 0 Å². The van der Waals surface area contributed by atoms with Crippen LogP contribution in [0.2, 0.25) is 0 Å². The Hall–Kier alpha value is -1.25. The van der Waals surface area contributed by atoms with Crippen molar-refractivity contribution in [3.63, 3.8) is 0 Å². The summed E-state index contributed by atoms with van der Waals surface area (Å²) in [5.74, 6) is 0. The molecule has 2 aromatic heterocycles. The number of sulfonamides is 1. The molecule has 0 fully saturated rings. The van der Waals surface area contributed by atoms with Gasteiger partial charge in [0, 0.05) is 7.05 Å². The van der Waals surface area contributed by atoms with Crippen molar-refractivity contribution >= 4 is 21.4 Å². The van der Waals surface area contributed by atoms with E-state index >= 15 is 0 Å². The third kappa shape index (κ3) is 2.06. The van der Waals surface area contributed by atoms with Gasteiger partial charge in [-0.1, -0.05) is 5.21 Å². The van der Waals surface area contributed by atoms with E-state index < -0.39 is 10.0 Å². The maximum Gasteiger partial charge on any atom is 0.247 e. The standard InChI is InChI=1S/C7H8N4O2S2/c1-11-4-5(9-10-11)6-2-3-7(14-6)15(8,12)13/h2-4H,1H3,(H2,8,12,13). The predicted octanol–water partition coefficient (Wildman–Crippen LogP) is 0.191. The summed E-state index contributed by atoms with van der Waals surface area (Å²) in [6, 6.07) is 3.12. The number of hydrogen-bond donors (Lipinski definition) is 1. The minimum absolute atomic E-state index is 0.128. The number of hydrogen-bond acceptors (Lipinski definition) is 5. The highest BCUT2D eigenvalue weighted by Crippen LogP contribution is 2.28. The largest absolute Gasteiger partial charge is 0.255 e. The monoisotopic (exact) mass is 244 g/mol. The van der Waals surface area contributed by atoms with E-state index in [0.29, 0.717) is 5.69 Å². The molecular formula is C7H8N4O2S2. The molecule has 2 aromatic rings. The van der Waals surface area contributed by atoms with E-state index in [-0.39, 0.29) is 4.21 Å². The molecule has 0 amide bonds.